The van der Waals surface area contributed by atoms with E-state index in [0.29, 0.717) is 23.8 Å². The Kier molecular flexibility index (Phi) is 10.0. The van der Waals surface area contributed by atoms with Crippen molar-refractivity contribution in [1.29, 1.82) is 0 Å². The Hall–Kier alpha value is -1.54. The van der Waals surface area contributed by atoms with Crippen molar-refractivity contribution < 1.29 is 14.3 Å². The van der Waals surface area contributed by atoms with E-state index in [2.05, 4.69) is 10.3 Å². The van der Waals surface area contributed by atoms with Crippen LogP contribution in [0.4, 0.5) is 0 Å². The number of halogens is 2. The van der Waals surface area contributed by atoms with Crippen LogP contribution in [0.1, 0.15) is 12.1 Å². The molecule has 0 spiro atoms. The first-order valence-corrected chi connectivity index (χ1v) is 9.61. The number of nitrogens with one attached hydrogen (secondary N) is 1. The van der Waals surface area contributed by atoms with Crippen molar-refractivity contribution in [3.8, 4) is 22.1 Å². The van der Waals surface area contributed by atoms with E-state index >= 15 is 0 Å². The Balaban J connectivity index is 0.00000196. The highest BCUT2D eigenvalue weighted by molar-refractivity contribution is 7.13. The molecule has 1 N–H and O–H groups in total. The molecule has 28 heavy (non-hydrogen) atoms. The van der Waals surface area contributed by atoms with Gasteiger partial charge in [-0.3, -0.25) is 4.79 Å². The number of rotatable bonds is 7. The van der Waals surface area contributed by atoms with Crippen LogP contribution in [0.15, 0.2) is 23.6 Å². The van der Waals surface area contributed by atoms with E-state index in [-0.39, 0.29) is 30.7 Å². The lowest BCUT2D eigenvalue weighted by Gasteiger charge is -2.15. The zero-order valence-electron chi connectivity index (χ0n) is 16.3. The highest BCUT2D eigenvalue weighted by atomic mass is 35.5. The van der Waals surface area contributed by atoms with Crippen molar-refractivity contribution >= 4 is 42.1 Å². The number of benzene rings is 1. The van der Waals surface area contributed by atoms with Crippen LogP contribution in [0.2, 0.25) is 0 Å². The summed E-state index contributed by atoms with van der Waals surface area (Å²) < 4.78 is 10.6. The molecule has 6 nitrogen and oxygen atoms in total. The van der Waals surface area contributed by atoms with E-state index < -0.39 is 0 Å². The Morgan fingerprint density at radius 1 is 1.29 bits per heavy atom. The molecule has 1 amide bonds. The number of methoxy groups -OCH3 is 2. The van der Waals surface area contributed by atoms with Gasteiger partial charge in [-0.25, -0.2) is 4.98 Å². The molecule has 9 heteroatoms. The maximum absolute atomic E-state index is 12.5. The molecule has 2 aromatic rings. The summed E-state index contributed by atoms with van der Waals surface area (Å²) in [6.45, 7) is 2.65. The average molecular weight is 448 g/mol. The number of aromatic nitrogens is 1. The second-order valence-electron chi connectivity index (χ2n) is 6.44. The molecule has 0 bridgehead atoms. The molecule has 1 aromatic heterocycles. The maximum atomic E-state index is 12.5. The van der Waals surface area contributed by atoms with Crippen molar-refractivity contribution in [2.75, 3.05) is 40.9 Å². The number of hydrogen-bond donors (Lipinski definition) is 1. The van der Waals surface area contributed by atoms with Gasteiger partial charge in [0, 0.05) is 24.0 Å². The van der Waals surface area contributed by atoms with Gasteiger partial charge in [-0.15, -0.1) is 36.2 Å². The van der Waals surface area contributed by atoms with Crippen LogP contribution in [0.5, 0.6) is 11.5 Å². The van der Waals surface area contributed by atoms with Gasteiger partial charge in [-0.2, -0.15) is 0 Å². The van der Waals surface area contributed by atoms with E-state index in [1.807, 2.05) is 35.5 Å². The third-order valence-electron chi connectivity index (χ3n) is 4.65. The quantitative estimate of drug-likeness (QED) is 0.705. The SMILES string of the molecule is CNCC1CCN(C(=O)Cc2csc(-c3ccc(OC)c(OC)c3)n2)C1.Cl.Cl. The first-order chi connectivity index (χ1) is 12.6. The van der Waals surface area contributed by atoms with Gasteiger partial charge in [0.1, 0.15) is 5.01 Å². The smallest absolute Gasteiger partial charge is 0.228 e. The number of likely N-dealkylation sites (tertiary alicyclic amines) is 1. The van der Waals surface area contributed by atoms with E-state index in [4.69, 9.17) is 9.47 Å². The molecule has 1 fully saturated rings. The van der Waals surface area contributed by atoms with Crippen LogP contribution >= 0.6 is 36.2 Å². The molecule has 1 aliphatic heterocycles. The highest BCUT2D eigenvalue weighted by Crippen LogP contribution is 2.33. The molecule has 1 saturated heterocycles. The van der Waals surface area contributed by atoms with Gasteiger partial charge >= 0.3 is 0 Å². The third kappa shape index (κ3) is 5.73. The van der Waals surface area contributed by atoms with Crippen LogP contribution in [0, 0.1) is 5.92 Å². The second-order valence-corrected chi connectivity index (χ2v) is 7.30. The summed E-state index contributed by atoms with van der Waals surface area (Å²) in [4.78, 5) is 19.1. The van der Waals surface area contributed by atoms with Crippen LogP contribution in [-0.4, -0.2) is 56.7 Å². The minimum absolute atomic E-state index is 0. The van der Waals surface area contributed by atoms with Gasteiger partial charge < -0.3 is 19.7 Å². The van der Waals surface area contributed by atoms with Crippen LogP contribution in [0.3, 0.4) is 0 Å². The van der Waals surface area contributed by atoms with E-state index in [0.717, 1.165) is 42.3 Å². The largest absolute Gasteiger partial charge is 0.493 e. The Labute approximate surface area is 182 Å². The molecule has 1 aliphatic rings. The molecule has 2 heterocycles. The maximum Gasteiger partial charge on any atom is 0.228 e. The molecular weight excluding hydrogens is 421 g/mol. The fourth-order valence-electron chi connectivity index (χ4n) is 3.27. The summed E-state index contributed by atoms with van der Waals surface area (Å²) >= 11 is 1.54. The number of carbonyl (C=O) groups excluding carboxylic acids is 1. The Morgan fingerprint density at radius 3 is 2.71 bits per heavy atom. The predicted molar refractivity (Wildman–Crippen MR) is 117 cm³/mol. The Morgan fingerprint density at radius 2 is 2.04 bits per heavy atom. The van der Waals surface area contributed by atoms with Crippen LogP contribution in [0.25, 0.3) is 10.6 Å². The van der Waals surface area contributed by atoms with Gasteiger partial charge in [0.05, 0.1) is 26.3 Å². The summed E-state index contributed by atoms with van der Waals surface area (Å²) in [6, 6.07) is 5.73. The Bertz CT molecular complexity index is 773. The monoisotopic (exact) mass is 447 g/mol. The zero-order chi connectivity index (χ0) is 18.5. The van der Waals surface area contributed by atoms with Crippen LogP contribution in [-0.2, 0) is 11.2 Å². The molecule has 0 aliphatic carbocycles. The van der Waals surface area contributed by atoms with Crippen molar-refractivity contribution in [2.24, 2.45) is 5.92 Å². The molecule has 3 rings (SSSR count). The first-order valence-electron chi connectivity index (χ1n) is 8.73. The van der Waals surface area contributed by atoms with E-state index in [1.54, 1.807) is 25.6 Å². The molecule has 1 atom stereocenters. The summed E-state index contributed by atoms with van der Waals surface area (Å²) in [5.74, 6) is 2.08. The number of hydrogen-bond acceptors (Lipinski definition) is 6. The van der Waals surface area contributed by atoms with Crippen LogP contribution < -0.4 is 14.8 Å². The zero-order valence-corrected chi connectivity index (χ0v) is 18.7. The van der Waals surface area contributed by atoms with Crippen molar-refractivity contribution in [2.45, 2.75) is 12.8 Å². The predicted octanol–water partition coefficient (Wildman–Crippen LogP) is 3.28. The van der Waals surface area contributed by atoms with Gasteiger partial charge in [-0.05, 0) is 44.1 Å². The molecule has 0 radical (unpaired) electrons. The number of thiazole rings is 1. The topological polar surface area (TPSA) is 63.7 Å². The normalized spacial score (nSPS) is 15.5. The van der Waals surface area contributed by atoms with Gasteiger partial charge in [0.2, 0.25) is 5.91 Å². The molecule has 1 aromatic carbocycles. The minimum Gasteiger partial charge on any atom is -0.493 e. The average Bonchev–Trinajstić information content (AvgIpc) is 3.31. The fraction of sp³-hybridized carbons (Fsp3) is 0.474. The van der Waals surface area contributed by atoms with E-state index in [9.17, 15) is 4.79 Å². The van der Waals surface area contributed by atoms with Gasteiger partial charge in [0.15, 0.2) is 11.5 Å². The lowest BCUT2D eigenvalue weighted by atomic mass is 10.1. The van der Waals surface area contributed by atoms with Crippen molar-refractivity contribution in [3.05, 3.63) is 29.3 Å². The van der Waals surface area contributed by atoms with Gasteiger partial charge in [0.25, 0.3) is 0 Å². The lowest BCUT2D eigenvalue weighted by molar-refractivity contribution is -0.129. The molecular formula is C19H27Cl2N3O3S. The third-order valence-corrected chi connectivity index (χ3v) is 5.59. The minimum atomic E-state index is 0. The number of nitrogens with zero attached hydrogens (tertiary/aromatic N) is 2. The highest BCUT2D eigenvalue weighted by Gasteiger charge is 2.26. The molecule has 156 valence electrons. The summed E-state index contributed by atoms with van der Waals surface area (Å²) in [5.41, 5.74) is 1.78. The molecule has 0 saturated carbocycles. The van der Waals surface area contributed by atoms with E-state index in [1.165, 1.54) is 0 Å². The second kappa shape index (κ2) is 11.5. The number of carbonyl (C=O) groups is 1. The summed E-state index contributed by atoms with van der Waals surface area (Å²) in [5, 5.41) is 6.03. The standard InChI is InChI=1S/C19H25N3O3S.2ClH/c1-20-10-13-6-7-22(11-13)18(23)9-15-12-26-19(21-15)14-4-5-16(24-2)17(8-14)25-3;;/h4-5,8,12-13,20H,6-7,9-11H2,1-3H3;2*1H. The van der Waals surface area contributed by atoms with Gasteiger partial charge in [-0.1, -0.05) is 0 Å². The summed E-state index contributed by atoms with van der Waals surface area (Å²) in [7, 11) is 5.19. The van der Waals surface area contributed by atoms with Crippen molar-refractivity contribution in [1.82, 2.24) is 15.2 Å². The molecule has 1 unspecified atom stereocenters. The summed E-state index contributed by atoms with van der Waals surface area (Å²) in [6.07, 6.45) is 1.43. The lowest BCUT2D eigenvalue weighted by Crippen LogP contribution is -2.31. The number of ether oxygens (including phenoxy) is 2. The number of amides is 1. The van der Waals surface area contributed by atoms with Crippen molar-refractivity contribution in [3.63, 3.8) is 0 Å². The first kappa shape index (κ1) is 24.5. The fourth-order valence-corrected chi connectivity index (χ4v) is 4.09.